The Bertz CT molecular complexity index is 1820. The summed E-state index contributed by atoms with van der Waals surface area (Å²) in [6, 6.07) is 31.3. The van der Waals surface area contributed by atoms with Gasteiger partial charge in [0.25, 0.3) is 8.32 Å². The monoisotopic (exact) mass is 790 g/mol. The molecule has 56 heavy (non-hydrogen) atoms. The third-order valence-electron chi connectivity index (χ3n) is 12.4. The SMILES string of the molecule is CB1O[C@@H](C2=CCCC=C2C(OCc2ccccc2)OCc2ccccc2)[C@@]2(CC(O[Si](C(C)C)(C(C)C)C(C)C)=C(C)/C(=C/Sc3ccccc3)C2(C)C)O1. The average Bonchev–Trinajstić information content (AvgIpc) is 3.53. The predicted octanol–water partition coefficient (Wildman–Crippen LogP) is 13.2. The summed E-state index contributed by atoms with van der Waals surface area (Å²) >= 11 is 1.76. The first kappa shape index (κ1) is 42.5. The van der Waals surface area contributed by atoms with Gasteiger partial charge >= 0.3 is 7.12 Å². The van der Waals surface area contributed by atoms with Crippen LogP contribution >= 0.6 is 11.8 Å². The minimum Gasteiger partial charge on any atom is -0.545 e. The third-order valence-corrected chi connectivity index (χ3v) is 19.3. The Morgan fingerprint density at radius 1 is 0.786 bits per heavy atom. The lowest BCUT2D eigenvalue weighted by molar-refractivity contribution is -0.134. The van der Waals surface area contributed by atoms with Crippen LogP contribution in [0.1, 0.15) is 92.7 Å². The van der Waals surface area contributed by atoms with Crippen molar-refractivity contribution >= 4 is 27.2 Å². The van der Waals surface area contributed by atoms with Crippen LogP contribution in [0, 0.1) is 5.41 Å². The largest absolute Gasteiger partial charge is 0.545 e. The number of benzene rings is 3. The zero-order valence-corrected chi connectivity index (χ0v) is 37.2. The fourth-order valence-electron chi connectivity index (χ4n) is 9.53. The van der Waals surface area contributed by atoms with Crippen molar-refractivity contribution in [2.45, 2.75) is 141 Å². The molecule has 3 aromatic rings. The van der Waals surface area contributed by atoms with Crippen LogP contribution in [-0.4, -0.2) is 33.4 Å². The van der Waals surface area contributed by atoms with E-state index in [4.69, 9.17) is 23.2 Å². The van der Waals surface area contributed by atoms with Gasteiger partial charge in [0.15, 0.2) is 6.29 Å². The second-order valence-corrected chi connectivity index (χ2v) is 23.5. The van der Waals surface area contributed by atoms with Gasteiger partial charge in [0.05, 0.1) is 30.7 Å². The Morgan fingerprint density at radius 3 is 1.84 bits per heavy atom. The Morgan fingerprint density at radius 2 is 1.30 bits per heavy atom. The zero-order chi connectivity index (χ0) is 40.1. The van der Waals surface area contributed by atoms with Gasteiger partial charge in [0.2, 0.25) is 0 Å². The third kappa shape index (κ3) is 8.67. The van der Waals surface area contributed by atoms with Crippen molar-refractivity contribution in [3.63, 3.8) is 0 Å². The van der Waals surface area contributed by atoms with E-state index in [1.807, 2.05) is 19.0 Å². The molecule has 0 N–H and O–H groups in total. The van der Waals surface area contributed by atoms with Crippen LogP contribution < -0.4 is 0 Å². The number of thioether (sulfide) groups is 1. The molecule has 3 aromatic carbocycles. The van der Waals surface area contributed by atoms with Crippen molar-refractivity contribution < 1.29 is 23.2 Å². The van der Waals surface area contributed by atoms with Gasteiger partial charge in [0.1, 0.15) is 0 Å². The van der Waals surface area contributed by atoms with Crippen molar-refractivity contribution in [3.8, 4) is 0 Å². The molecular formula is C48H63BO5SSi. The topological polar surface area (TPSA) is 46.2 Å². The fourth-order valence-corrected chi connectivity index (χ4v) is 15.9. The van der Waals surface area contributed by atoms with Gasteiger partial charge in [-0.1, -0.05) is 158 Å². The van der Waals surface area contributed by atoms with E-state index in [-0.39, 0.29) is 0 Å². The maximum absolute atomic E-state index is 7.71. The smallest absolute Gasteiger partial charge is 0.454 e. The first-order valence-electron chi connectivity index (χ1n) is 20.7. The van der Waals surface area contributed by atoms with Crippen molar-refractivity contribution in [2.24, 2.45) is 5.41 Å². The quantitative estimate of drug-likeness (QED) is 0.0868. The van der Waals surface area contributed by atoms with Crippen LogP contribution in [-0.2, 0) is 36.4 Å². The number of allylic oxidation sites excluding steroid dienone is 3. The summed E-state index contributed by atoms with van der Waals surface area (Å²) in [5, 5.41) is 2.35. The van der Waals surface area contributed by atoms with E-state index in [9.17, 15) is 0 Å². The Balaban J connectivity index is 1.45. The van der Waals surface area contributed by atoms with Crippen molar-refractivity contribution in [1.82, 2.24) is 0 Å². The lowest BCUT2D eigenvalue weighted by Crippen LogP contribution is -2.58. The molecule has 298 valence electrons. The van der Waals surface area contributed by atoms with Crippen LogP contribution in [0.3, 0.4) is 0 Å². The summed E-state index contributed by atoms with van der Waals surface area (Å²) in [4.78, 5) is 1.20. The maximum atomic E-state index is 7.71. The van der Waals surface area contributed by atoms with Crippen LogP contribution in [0.5, 0.6) is 0 Å². The first-order valence-corrected chi connectivity index (χ1v) is 23.7. The lowest BCUT2D eigenvalue weighted by Gasteiger charge is -2.54. The fraction of sp³-hybridized carbons (Fsp3) is 0.458. The molecular weight excluding hydrogens is 727 g/mol. The van der Waals surface area contributed by atoms with E-state index in [0.29, 0.717) is 36.3 Å². The Labute approximate surface area is 343 Å². The van der Waals surface area contributed by atoms with Crippen LogP contribution in [0.4, 0.5) is 0 Å². The molecule has 0 amide bonds. The highest BCUT2D eigenvalue weighted by Crippen LogP contribution is 2.60. The second kappa shape index (κ2) is 18.2. The van der Waals surface area contributed by atoms with Gasteiger partial charge in [-0.2, -0.15) is 0 Å². The first-order chi connectivity index (χ1) is 26.8. The summed E-state index contributed by atoms with van der Waals surface area (Å²) in [5.41, 5.74) is 6.80. The zero-order valence-electron chi connectivity index (χ0n) is 35.3. The molecule has 0 bridgehead atoms. The van der Waals surface area contributed by atoms with Crippen LogP contribution in [0.2, 0.25) is 23.4 Å². The van der Waals surface area contributed by atoms with Gasteiger partial charge < -0.3 is 23.2 Å². The number of rotatable bonds is 15. The van der Waals surface area contributed by atoms with E-state index in [2.05, 4.69) is 159 Å². The molecule has 5 nitrogen and oxygen atoms in total. The Kier molecular flexibility index (Phi) is 13.8. The molecule has 6 rings (SSSR count). The highest BCUT2D eigenvalue weighted by molar-refractivity contribution is 8.02. The van der Waals surface area contributed by atoms with Crippen LogP contribution in [0.15, 0.2) is 142 Å². The molecule has 0 unspecified atom stereocenters. The molecule has 1 aliphatic heterocycles. The highest BCUT2D eigenvalue weighted by atomic mass is 32.2. The summed E-state index contributed by atoms with van der Waals surface area (Å²) in [7, 11) is -2.77. The predicted molar refractivity (Wildman–Crippen MR) is 236 cm³/mol. The number of hydrogen-bond acceptors (Lipinski definition) is 6. The molecule has 1 spiro atoms. The van der Waals surface area contributed by atoms with E-state index in [1.165, 1.54) is 16.0 Å². The van der Waals surface area contributed by atoms with Gasteiger partial charge in [-0.15, -0.1) is 0 Å². The number of hydrogen-bond donors (Lipinski definition) is 0. The van der Waals surface area contributed by atoms with E-state index >= 15 is 0 Å². The van der Waals surface area contributed by atoms with Gasteiger partial charge in [-0.3, -0.25) is 0 Å². The average molecular weight is 791 g/mol. The molecule has 1 saturated heterocycles. The normalized spacial score (nSPS) is 22.2. The van der Waals surface area contributed by atoms with Gasteiger partial charge in [-0.25, -0.2) is 0 Å². The summed E-state index contributed by atoms with van der Waals surface area (Å²) in [5.74, 6) is 1.05. The molecule has 1 heterocycles. The molecule has 0 radical (unpaired) electrons. The summed E-state index contributed by atoms with van der Waals surface area (Å²) < 4.78 is 35.6. The van der Waals surface area contributed by atoms with Crippen molar-refractivity contribution in [1.29, 1.82) is 0 Å². The second-order valence-electron chi connectivity index (χ2n) is 17.1. The maximum Gasteiger partial charge on any atom is 0.454 e. The lowest BCUT2D eigenvalue weighted by atomic mass is 9.59. The molecule has 2 atom stereocenters. The molecule has 2 aliphatic carbocycles. The Hall–Kier alpha value is -3.11. The number of ether oxygens (including phenoxy) is 2. The highest BCUT2D eigenvalue weighted by Gasteiger charge is 2.64. The molecule has 3 aliphatic rings. The van der Waals surface area contributed by atoms with Crippen LogP contribution in [0.25, 0.3) is 0 Å². The van der Waals surface area contributed by atoms with Gasteiger partial charge in [-0.05, 0) is 88.6 Å². The van der Waals surface area contributed by atoms with Crippen molar-refractivity contribution in [2.75, 3.05) is 0 Å². The van der Waals surface area contributed by atoms with E-state index in [0.717, 1.165) is 40.9 Å². The minimum absolute atomic E-state index is 0.396. The van der Waals surface area contributed by atoms with E-state index < -0.39 is 38.8 Å². The molecule has 0 aromatic heterocycles. The minimum atomic E-state index is -2.34. The standard InChI is InChI=1S/C48H63BO5SSi/c1-34(2)56(35(3)4,36(5)6)53-44-30-48(47(8,9)43(37(44)7)33-55-40-26-18-13-19-27-40)45(52-49(10)54-48)41-28-20-21-29-42(41)46(50-31-38-22-14-11-15-23-38)51-32-39-24-16-12-17-25-39/h11-19,22-29,33-36,45-46H,20-21,30-32H2,1-10H3/b43-33-/t45-,48+/m0/s1. The van der Waals surface area contributed by atoms with E-state index in [1.54, 1.807) is 11.8 Å². The summed E-state index contributed by atoms with van der Waals surface area (Å²) in [6.45, 7) is 24.0. The van der Waals surface area contributed by atoms with Gasteiger partial charge in [0, 0.05) is 22.3 Å². The molecule has 0 saturated carbocycles. The molecule has 1 fully saturated rings. The summed E-state index contributed by atoms with van der Waals surface area (Å²) in [6.07, 6.45) is 6.07. The molecule has 8 heteroatoms. The van der Waals surface area contributed by atoms with Crippen molar-refractivity contribution in [3.05, 3.63) is 148 Å².